The number of nitrogens with one attached hydrogen (secondary N) is 1. The number of carbonyl (C=O) groups is 1. The van der Waals surface area contributed by atoms with Gasteiger partial charge in [-0.05, 0) is 61.1 Å². The number of aromatic amines is 1. The quantitative estimate of drug-likeness (QED) is 0.420. The lowest BCUT2D eigenvalue weighted by Gasteiger charge is -2.19. The van der Waals surface area contributed by atoms with Crippen molar-refractivity contribution in [2.45, 2.75) is 26.7 Å². The largest absolute Gasteiger partial charge is 0.506 e. The second-order valence-electron chi connectivity index (χ2n) is 7.92. The van der Waals surface area contributed by atoms with E-state index in [9.17, 15) is 15.0 Å². The molecule has 4 nitrogen and oxygen atoms in total. The Hall–Kier alpha value is -3.53. The lowest BCUT2D eigenvalue weighted by molar-refractivity contribution is 0.0694. The first kappa shape index (κ1) is 17.6. The van der Waals surface area contributed by atoms with E-state index >= 15 is 0 Å². The van der Waals surface area contributed by atoms with Gasteiger partial charge in [0.2, 0.25) is 0 Å². The lowest BCUT2D eigenvalue weighted by Crippen LogP contribution is -2.06. The number of aromatic hydroxyl groups is 1. The van der Waals surface area contributed by atoms with E-state index in [2.05, 4.69) is 55.2 Å². The topological polar surface area (TPSA) is 73.3 Å². The SMILES string of the molecule is Cc1cc(C)cc(-c2ccc3c4c([nH]c3c2)-c2c(ccc(C(=O)O)c2O)CC4)c1. The highest BCUT2D eigenvalue weighted by Crippen LogP contribution is 2.44. The fraction of sp³-hybridized carbons (Fsp3) is 0.160. The van der Waals surface area contributed by atoms with Crippen LogP contribution in [-0.2, 0) is 12.8 Å². The molecule has 1 aliphatic rings. The van der Waals surface area contributed by atoms with Crippen molar-refractivity contribution in [3.63, 3.8) is 0 Å². The van der Waals surface area contributed by atoms with Gasteiger partial charge in [0.1, 0.15) is 11.3 Å². The number of phenols is 1. The van der Waals surface area contributed by atoms with Crippen molar-refractivity contribution in [3.8, 4) is 28.1 Å². The van der Waals surface area contributed by atoms with Crippen molar-refractivity contribution in [3.05, 3.63) is 76.3 Å². The van der Waals surface area contributed by atoms with Gasteiger partial charge in [-0.1, -0.05) is 47.5 Å². The van der Waals surface area contributed by atoms with Gasteiger partial charge in [-0.3, -0.25) is 0 Å². The number of hydrogen-bond donors (Lipinski definition) is 3. The van der Waals surface area contributed by atoms with E-state index in [0.29, 0.717) is 5.56 Å². The second kappa shape index (κ2) is 6.24. The zero-order chi connectivity index (χ0) is 20.3. The van der Waals surface area contributed by atoms with Crippen LogP contribution in [0.5, 0.6) is 5.75 Å². The minimum atomic E-state index is -1.12. The van der Waals surface area contributed by atoms with Crippen LogP contribution in [0.25, 0.3) is 33.3 Å². The van der Waals surface area contributed by atoms with E-state index in [0.717, 1.165) is 46.1 Å². The Bertz CT molecular complexity index is 1290. The third-order valence-corrected chi connectivity index (χ3v) is 5.85. The lowest BCUT2D eigenvalue weighted by atomic mass is 9.87. The van der Waals surface area contributed by atoms with Crippen LogP contribution in [0.4, 0.5) is 0 Å². The number of fused-ring (bicyclic) bond motifs is 5. The number of carboxylic acids is 1. The molecular formula is C25H21NO3. The minimum Gasteiger partial charge on any atom is -0.506 e. The first-order valence-corrected chi connectivity index (χ1v) is 9.74. The van der Waals surface area contributed by atoms with Crippen LogP contribution in [0.2, 0.25) is 0 Å². The molecule has 0 saturated carbocycles. The molecule has 5 rings (SSSR count). The van der Waals surface area contributed by atoms with Gasteiger partial charge in [-0.2, -0.15) is 0 Å². The number of aryl methyl sites for hydroxylation is 4. The van der Waals surface area contributed by atoms with E-state index in [1.807, 2.05) is 6.07 Å². The monoisotopic (exact) mass is 383 g/mol. The standard InChI is InChI=1S/C25H21NO3/c1-13-9-14(2)11-17(10-13)16-5-6-18-19-7-3-15-4-8-20(25(28)29)24(27)22(15)23(19)26-21(18)12-16/h4-6,8-12,26-27H,3,7H2,1-2H3,(H,28,29). The van der Waals surface area contributed by atoms with Crippen LogP contribution in [0.3, 0.4) is 0 Å². The molecule has 144 valence electrons. The molecule has 0 amide bonds. The van der Waals surface area contributed by atoms with Crippen molar-refractivity contribution in [1.29, 1.82) is 0 Å². The summed E-state index contributed by atoms with van der Waals surface area (Å²) in [5, 5.41) is 21.2. The first-order chi connectivity index (χ1) is 13.9. The predicted molar refractivity (Wildman–Crippen MR) is 115 cm³/mol. The average molecular weight is 383 g/mol. The normalized spacial score (nSPS) is 12.6. The predicted octanol–water partition coefficient (Wildman–Crippen LogP) is 5.62. The molecule has 1 aromatic heterocycles. The zero-order valence-corrected chi connectivity index (χ0v) is 16.3. The van der Waals surface area contributed by atoms with Crippen molar-refractivity contribution in [1.82, 2.24) is 4.98 Å². The molecule has 0 bridgehead atoms. The molecule has 4 aromatic rings. The molecule has 3 N–H and O–H groups in total. The fourth-order valence-corrected chi connectivity index (χ4v) is 4.60. The van der Waals surface area contributed by atoms with Crippen LogP contribution >= 0.6 is 0 Å². The molecule has 0 spiro atoms. The summed E-state index contributed by atoms with van der Waals surface area (Å²) in [5.41, 5.74) is 9.26. The summed E-state index contributed by atoms with van der Waals surface area (Å²) in [6, 6.07) is 16.2. The van der Waals surface area contributed by atoms with E-state index in [1.54, 1.807) is 0 Å². The second-order valence-corrected chi connectivity index (χ2v) is 7.92. The zero-order valence-electron chi connectivity index (χ0n) is 16.3. The fourth-order valence-electron chi connectivity index (χ4n) is 4.60. The van der Waals surface area contributed by atoms with Crippen LogP contribution in [0, 0.1) is 13.8 Å². The Labute approximate surface area is 168 Å². The number of benzene rings is 3. The van der Waals surface area contributed by atoms with Crippen molar-refractivity contribution in [2.24, 2.45) is 0 Å². The van der Waals surface area contributed by atoms with Gasteiger partial charge in [0.05, 0.1) is 5.69 Å². The maximum absolute atomic E-state index is 11.5. The smallest absolute Gasteiger partial charge is 0.339 e. The number of rotatable bonds is 2. The summed E-state index contributed by atoms with van der Waals surface area (Å²) in [6.07, 6.45) is 1.64. The average Bonchev–Trinajstić information content (AvgIpc) is 3.04. The molecule has 0 unspecified atom stereocenters. The Morgan fingerprint density at radius 2 is 1.69 bits per heavy atom. The molecule has 3 aromatic carbocycles. The summed E-state index contributed by atoms with van der Waals surface area (Å²) in [4.78, 5) is 14.9. The van der Waals surface area contributed by atoms with Gasteiger partial charge >= 0.3 is 5.97 Å². The summed E-state index contributed by atoms with van der Waals surface area (Å²) in [6.45, 7) is 4.20. The van der Waals surface area contributed by atoms with E-state index in [1.165, 1.54) is 22.8 Å². The highest BCUT2D eigenvalue weighted by Gasteiger charge is 2.26. The maximum atomic E-state index is 11.5. The number of H-pyrrole nitrogens is 1. The highest BCUT2D eigenvalue weighted by molar-refractivity contribution is 5.99. The van der Waals surface area contributed by atoms with Gasteiger partial charge in [0.25, 0.3) is 0 Å². The Morgan fingerprint density at radius 1 is 0.931 bits per heavy atom. The van der Waals surface area contributed by atoms with E-state index < -0.39 is 5.97 Å². The highest BCUT2D eigenvalue weighted by atomic mass is 16.4. The molecule has 1 aliphatic carbocycles. The molecular weight excluding hydrogens is 362 g/mol. The summed E-state index contributed by atoms with van der Waals surface area (Å²) < 4.78 is 0. The molecule has 0 radical (unpaired) electrons. The third-order valence-electron chi connectivity index (χ3n) is 5.85. The van der Waals surface area contributed by atoms with Crippen molar-refractivity contribution < 1.29 is 15.0 Å². The molecule has 0 fully saturated rings. The van der Waals surface area contributed by atoms with Crippen LogP contribution < -0.4 is 0 Å². The first-order valence-electron chi connectivity index (χ1n) is 9.74. The van der Waals surface area contributed by atoms with Gasteiger partial charge in [-0.15, -0.1) is 0 Å². The number of carboxylic acid groups (broad SMARTS) is 1. The van der Waals surface area contributed by atoms with Gasteiger partial charge in [0, 0.05) is 16.5 Å². The van der Waals surface area contributed by atoms with Gasteiger partial charge in [-0.25, -0.2) is 4.79 Å². The molecule has 29 heavy (non-hydrogen) atoms. The third kappa shape index (κ3) is 2.71. The summed E-state index contributed by atoms with van der Waals surface area (Å²) >= 11 is 0. The number of aromatic carboxylic acids is 1. The Morgan fingerprint density at radius 3 is 2.41 bits per heavy atom. The van der Waals surface area contributed by atoms with Crippen molar-refractivity contribution >= 4 is 16.9 Å². The minimum absolute atomic E-state index is 0.0637. The van der Waals surface area contributed by atoms with Crippen LogP contribution in [0.15, 0.2) is 48.5 Å². The molecule has 0 atom stereocenters. The van der Waals surface area contributed by atoms with E-state index in [-0.39, 0.29) is 11.3 Å². The molecule has 0 saturated heterocycles. The number of aromatic nitrogens is 1. The molecule has 4 heteroatoms. The number of hydrogen-bond acceptors (Lipinski definition) is 2. The van der Waals surface area contributed by atoms with Crippen molar-refractivity contribution in [2.75, 3.05) is 0 Å². The maximum Gasteiger partial charge on any atom is 0.339 e. The van der Waals surface area contributed by atoms with Crippen LogP contribution in [-0.4, -0.2) is 21.2 Å². The molecule has 1 heterocycles. The van der Waals surface area contributed by atoms with Crippen LogP contribution in [0.1, 0.15) is 32.6 Å². The Kier molecular flexibility index (Phi) is 3.78. The Balaban J connectivity index is 1.71. The van der Waals surface area contributed by atoms with Gasteiger partial charge < -0.3 is 15.2 Å². The summed E-state index contributed by atoms with van der Waals surface area (Å²) in [5.74, 6) is -1.28. The molecule has 0 aliphatic heterocycles. The van der Waals surface area contributed by atoms with E-state index in [4.69, 9.17) is 0 Å². The van der Waals surface area contributed by atoms with Gasteiger partial charge in [0.15, 0.2) is 0 Å². The summed E-state index contributed by atoms with van der Waals surface area (Å²) in [7, 11) is 0.